The second kappa shape index (κ2) is 7.67. The van der Waals surface area contributed by atoms with Crippen molar-refractivity contribution in [3.63, 3.8) is 0 Å². The van der Waals surface area contributed by atoms with Gasteiger partial charge in [0.15, 0.2) is 5.96 Å². The van der Waals surface area contributed by atoms with E-state index in [2.05, 4.69) is 41.2 Å². The number of hydrogen-bond acceptors (Lipinski definition) is 2. The molecule has 19 heavy (non-hydrogen) atoms. The molecule has 0 N–H and O–H groups in total. The van der Waals surface area contributed by atoms with Crippen molar-refractivity contribution in [3.05, 3.63) is 30.3 Å². The van der Waals surface area contributed by atoms with Gasteiger partial charge in [0.1, 0.15) is 0 Å². The normalized spacial score (nSPS) is 9.95. The Morgan fingerprint density at radius 1 is 0.947 bits per heavy atom. The fraction of sp³-hybridized carbons (Fsp3) is 0.533. The summed E-state index contributed by atoms with van der Waals surface area (Å²) < 4.78 is 0. The first-order valence-corrected chi connectivity index (χ1v) is 6.67. The Kier molecular flexibility index (Phi) is 6.19. The second-order valence-electron chi connectivity index (χ2n) is 5.08. The first-order chi connectivity index (χ1) is 9.02. The summed E-state index contributed by atoms with van der Waals surface area (Å²) in [5.74, 6) is 1.02. The van der Waals surface area contributed by atoms with E-state index in [1.807, 2.05) is 44.1 Å². The zero-order chi connectivity index (χ0) is 14.3. The molecule has 4 heteroatoms. The number of benzene rings is 1. The van der Waals surface area contributed by atoms with Crippen molar-refractivity contribution >= 4 is 11.6 Å². The molecule has 0 unspecified atom stereocenters. The molecular formula is C15H26N4. The van der Waals surface area contributed by atoms with E-state index in [1.165, 1.54) is 5.69 Å². The molecule has 0 heterocycles. The minimum absolute atomic E-state index is 0.850. The lowest BCUT2D eigenvalue weighted by Crippen LogP contribution is -2.35. The number of para-hydroxylation sites is 1. The lowest BCUT2D eigenvalue weighted by Gasteiger charge is -2.23. The lowest BCUT2D eigenvalue weighted by molar-refractivity contribution is 0.479. The van der Waals surface area contributed by atoms with Gasteiger partial charge >= 0.3 is 0 Å². The number of hydrogen-bond donors (Lipinski definition) is 0. The van der Waals surface area contributed by atoms with Crippen molar-refractivity contribution in [1.82, 2.24) is 9.80 Å². The maximum atomic E-state index is 4.63. The number of aliphatic imine (C=N–C) groups is 1. The van der Waals surface area contributed by atoms with Crippen LogP contribution in [0.25, 0.3) is 0 Å². The molecule has 0 amide bonds. The van der Waals surface area contributed by atoms with Crippen molar-refractivity contribution in [2.75, 3.05) is 53.2 Å². The molecule has 0 saturated carbocycles. The quantitative estimate of drug-likeness (QED) is 0.460. The monoisotopic (exact) mass is 262 g/mol. The van der Waals surface area contributed by atoms with E-state index in [0.717, 1.165) is 25.5 Å². The third-order valence-corrected chi connectivity index (χ3v) is 2.90. The Bertz CT molecular complexity index is 374. The Hall–Kier alpha value is -1.71. The van der Waals surface area contributed by atoms with Gasteiger partial charge < -0.3 is 14.7 Å². The highest BCUT2D eigenvalue weighted by atomic mass is 15.3. The first kappa shape index (κ1) is 15.3. The smallest absolute Gasteiger partial charge is 0.195 e. The van der Waals surface area contributed by atoms with Crippen LogP contribution in [0.2, 0.25) is 0 Å². The minimum Gasteiger partial charge on any atom is -0.375 e. The summed E-state index contributed by atoms with van der Waals surface area (Å²) in [4.78, 5) is 11.0. The van der Waals surface area contributed by atoms with E-state index in [-0.39, 0.29) is 0 Å². The number of guanidine groups is 1. The average Bonchev–Trinajstić information content (AvgIpc) is 2.38. The largest absolute Gasteiger partial charge is 0.375 e. The topological polar surface area (TPSA) is 22.1 Å². The highest BCUT2D eigenvalue weighted by Gasteiger charge is 2.03. The molecule has 0 aromatic heterocycles. The van der Waals surface area contributed by atoms with Crippen LogP contribution in [-0.4, -0.2) is 64.1 Å². The SMILES string of the molecule is CN(C)C(=NCCCN(C)c1ccccc1)N(C)C. The van der Waals surface area contributed by atoms with Crippen LogP contribution < -0.4 is 4.90 Å². The molecule has 0 fully saturated rings. The molecule has 0 atom stereocenters. The van der Waals surface area contributed by atoms with Crippen molar-refractivity contribution in [2.24, 2.45) is 4.99 Å². The molecule has 0 aliphatic heterocycles. The van der Waals surface area contributed by atoms with Gasteiger partial charge in [0, 0.05) is 54.0 Å². The third-order valence-electron chi connectivity index (χ3n) is 2.90. The van der Waals surface area contributed by atoms with Gasteiger partial charge in [0.05, 0.1) is 0 Å². The Balaban J connectivity index is 2.40. The molecule has 0 radical (unpaired) electrons. The maximum absolute atomic E-state index is 4.63. The molecule has 0 saturated heterocycles. The summed E-state index contributed by atoms with van der Waals surface area (Å²) in [5.41, 5.74) is 1.26. The third kappa shape index (κ3) is 5.20. The molecule has 106 valence electrons. The van der Waals surface area contributed by atoms with Gasteiger partial charge in [0.2, 0.25) is 0 Å². The van der Waals surface area contributed by atoms with Gasteiger partial charge in [-0.3, -0.25) is 4.99 Å². The van der Waals surface area contributed by atoms with Crippen LogP contribution in [0.5, 0.6) is 0 Å². The summed E-state index contributed by atoms with van der Waals surface area (Å²) in [5, 5.41) is 0. The van der Waals surface area contributed by atoms with Gasteiger partial charge in [-0.25, -0.2) is 0 Å². The van der Waals surface area contributed by atoms with Crippen LogP contribution >= 0.6 is 0 Å². The van der Waals surface area contributed by atoms with Crippen molar-refractivity contribution < 1.29 is 0 Å². The Labute approximate surface area is 117 Å². The summed E-state index contributed by atoms with van der Waals surface area (Å²) in [6.45, 7) is 1.87. The summed E-state index contributed by atoms with van der Waals surface area (Å²) >= 11 is 0. The second-order valence-corrected chi connectivity index (χ2v) is 5.08. The molecular weight excluding hydrogens is 236 g/mol. The Morgan fingerprint density at radius 3 is 2.05 bits per heavy atom. The molecule has 1 aromatic rings. The predicted molar refractivity (Wildman–Crippen MR) is 84.0 cm³/mol. The molecule has 0 spiro atoms. The molecule has 0 aliphatic carbocycles. The highest BCUT2D eigenvalue weighted by molar-refractivity contribution is 5.79. The number of anilines is 1. The first-order valence-electron chi connectivity index (χ1n) is 6.67. The fourth-order valence-electron chi connectivity index (χ4n) is 1.98. The van der Waals surface area contributed by atoms with Crippen LogP contribution in [0.3, 0.4) is 0 Å². The van der Waals surface area contributed by atoms with Crippen molar-refractivity contribution in [2.45, 2.75) is 6.42 Å². The zero-order valence-electron chi connectivity index (χ0n) is 12.8. The van der Waals surface area contributed by atoms with E-state index in [4.69, 9.17) is 0 Å². The van der Waals surface area contributed by atoms with Crippen LogP contribution in [0.1, 0.15) is 6.42 Å². The van der Waals surface area contributed by atoms with Gasteiger partial charge in [-0.15, -0.1) is 0 Å². The molecule has 0 bridgehead atoms. The summed E-state index contributed by atoms with van der Waals surface area (Å²) in [6, 6.07) is 10.4. The van der Waals surface area contributed by atoms with E-state index >= 15 is 0 Å². The van der Waals surface area contributed by atoms with Gasteiger partial charge in [-0.05, 0) is 18.6 Å². The average molecular weight is 262 g/mol. The van der Waals surface area contributed by atoms with Crippen molar-refractivity contribution in [1.29, 1.82) is 0 Å². The van der Waals surface area contributed by atoms with E-state index in [0.29, 0.717) is 0 Å². The summed E-state index contributed by atoms with van der Waals surface area (Å²) in [7, 11) is 10.2. The van der Waals surface area contributed by atoms with Crippen molar-refractivity contribution in [3.8, 4) is 0 Å². The molecule has 0 aliphatic rings. The summed E-state index contributed by atoms with van der Waals surface area (Å²) in [6.07, 6.45) is 1.05. The van der Waals surface area contributed by atoms with Crippen LogP contribution in [0.4, 0.5) is 5.69 Å². The maximum Gasteiger partial charge on any atom is 0.195 e. The van der Waals surface area contributed by atoms with Gasteiger partial charge in [-0.2, -0.15) is 0 Å². The zero-order valence-corrected chi connectivity index (χ0v) is 12.8. The molecule has 4 nitrogen and oxygen atoms in total. The van der Waals surface area contributed by atoms with E-state index < -0.39 is 0 Å². The van der Waals surface area contributed by atoms with Crippen LogP contribution in [0, 0.1) is 0 Å². The lowest BCUT2D eigenvalue weighted by atomic mass is 10.3. The van der Waals surface area contributed by atoms with E-state index in [1.54, 1.807) is 0 Å². The fourth-order valence-corrected chi connectivity index (χ4v) is 1.98. The van der Waals surface area contributed by atoms with E-state index in [9.17, 15) is 0 Å². The molecule has 1 aromatic carbocycles. The standard InChI is InChI=1S/C15H26N4/c1-17(2)15(18(3)4)16-12-9-13-19(5)14-10-7-6-8-11-14/h6-8,10-11H,9,12-13H2,1-5H3. The van der Waals surface area contributed by atoms with Gasteiger partial charge in [0.25, 0.3) is 0 Å². The Morgan fingerprint density at radius 2 is 1.53 bits per heavy atom. The number of rotatable bonds is 5. The van der Waals surface area contributed by atoms with Gasteiger partial charge in [-0.1, -0.05) is 18.2 Å². The number of nitrogens with zero attached hydrogens (tertiary/aromatic N) is 4. The van der Waals surface area contributed by atoms with Crippen LogP contribution in [0.15, 0.2) is 35.3 Å². The predicted octanol–water partition coefficient (Wildman–Crippen LogP) is 1.99. The minimum atomic E-state index is 0.850. The molecule has 1 rings (SSSR count). The highest BCUT2D eigenvalue weighted by Crippen LogP contribution is 2.10. The van der Waals surface area contributed by atoms with Crippen LogP contribution in [-0.2, 0) is 0 Å².